The monoisotopic (exact) mass is 467 g/mol. The van der Waals surface area contributed by atoms with Crippen LogP contribution in [0.1, 0.15) is 18.0 Å². The quantitative estimate of drug-likeness (QED) is 0.545. The van der Waals surface area contributed by atoms with Crippen molar-refractivity contribution in [1.82, 2.24) is 10.2 Å². The van der Waals surface area contributed by atoms with E-state index in [0.29, 0.717) is 23.8 Å². The lowest BCUT2D eigenvalue weighted by molar-refractivity contribution is -0.154. The summed E-state index contributed by atoms with van der Waals surface area (Å²) in [6.45, 7) is 0.755. The molecular weight excluding hydrogens is 446 g/mol. The molecule has 3 aliphatic heterocycles. The van der Waals surface area contributed by atoms with Gasteiger partial charge < -0.3 is 10.1 Å². The van der Waals surface area contributed by atoms with Gasteiger partial charge in [0.15, 0.2) is 0 Å². The molecule has 5 rings (SSSR count). The third kappa shape index (κ3) is 3.08. The van der Waals surface area contributed by atoms with Crippen molar-refractivity contribution in [3.8, 4) is 0 Å². The van der Waals surface area contributed by atoms with Gasteiger partial charge in [-0.1, -0.05) is 41.9 Å². The molecule has 4 unspecified atom stereocenters. The average Bonchev–Trinajstić information content (AvgIpc) is 3.26. The normalized spacial score (nSPS) is 29.0. The van der Waals surface area contributed by atoms with Crippen LogP contribution in [-0.2, 0) is 23.9 Å². The number of esters is 1. The number of nitrogens with zero attached hydrogens (tertiary/aromatic N) is 2. The fraction of sp³-hybridized carbons (Fsp3) is 0.333. The Kier molecular flexibility index (Phi) is 5.22. The molecule has 9 heteroatoms. The molecule has 2 aromatic carbocycles. The first-order valence-electron chi connectivity index (χ1n) is 10.7. The zero-order valence-electron chi connectivity index (χ0n) is 17.9. The number of piperazine rings is 1. The molecule has 0 saturated carbocycles. The third-order valence-corrected chi connectivity index (χ3v) is 7.20. The van der Waals surface area contributed by atoms with Crippen LogP contribution in [0.25, 0.3) is 0 Å². The first-order chi connectivity index (χ1) is 15.9. The Morgan fingerprint density at radius 3 is 2.45 bits per heavy atom. The van der Waals surface area contributed by atoms with Crippen LogP contribution >= 0.6 is 11.6 Å². The van der Waals surface area contributed by atoms with E-state index in [9.17, 15) is 19.2 Å². The Hall–Kier alpha value is -3.23. The average molecular weight is 468 g/mol. The number of benzene rings is 2. The molecule has 0 aliphatic carbocycles. The molecule has 3 saturated heterocycles. The van der Waals surface area contributed by atoms with Gasteiger partial charge >= 0.3 is 5.97 Å². The van der Waals surface area contributed by atoms with Gasteiger partial charge in [0.2, 0.25) is 17.7 Å². The number of amides is 3. The maximum absolute atomic E-state index is 13.8. The highest BCUT2D eigenvalue weighted by Crippen LogP contribution is 2.57. The van der Waals surface area contributed by atoms with Crippen molar-refractivity contribution in [3.05, 3.63) is 65.2 Å². The predicted molar refractivity (Wildman–Crippen MR) is 119 cm³/mol. The number of carbonyl (C=O) groups excluding carboxylic acids is 4. The molecule has 2 aromatic rings. The second-order valence-electron chi connectivity index (χ2n) is 8.47. The first-order valence-corrected chi connectivity index (χ1v) is 11.1. The second-order valence-corrected chi connectivity index (χ2v) is 8.91. The lowest BCUT2D eigenvalue weighted by atomic mass is 9.76. The van der Waals surface area contributed by atoms with E-state index in [1.807, 2.05) is 35.2 Å². The maximum atomic E-state index is 13.8. The van der Waals surface area contributed by atoms with Crippen molar-refractivity contribution in [2.24, 2.45) is 11.8 Å². The zero-order valence-corrected chi connectivity index (χ0v) is 18.6. The van der Waals surface area contributed by atoms with Gasteiger partial charge in [-0.25, -0.2) is 4.90 Å². The standard InChI is InChI=1S/C24H22ClN3O5/c1-33-17(29)13-24-19-18(21(30)28(22(19)31)16-9-7-15(25)8-10-16)20(14-5-3-2-4-6-14)27(24)12-11-26-23(24)32/h2-10,18-20H,11-13H2,1H3,(H,26,32). The minimum atomic E-state index is -1.52. The molecule has 8 nitrogen and oxygen atoms in total. The van der Waals surface area contributed by atoms with E-state index in [1.165, 1.54) is 7.11 Å². The van der Waals surface area contributed by atoms with Gasteiger partial charge in [-0.2, -0.15) is 0 Å². The number of nitrogens with one attached hydrogen (secondary N) is 1. The second kappa shape index (κ2) is 7.97. The van der Waals surface area contributed by atoms with Gasteiger partial charge in [0.25, 0.3) is 0 Å². The number of methoxy groups -OCH3 is 1. The lowest BCUT2D eigenvalue weighted by Crippen LogP contribution is -2.67. The third-order valence-electron chi connectivity index (χ3n) is 6.95. The summed E-state index contributed by atoms with van der Waals surface area (Å²) >= 11 is 6.00. The summed E-state index contributed by atoms with van der Waals surface area (Å²) in [5, 5.41) is 3.29. The molecule has 1 N–H and O–H groups in total. The summed E-state index contributed by atoms with van der Waals surface area (Å²) < 4.78 is 4.91. The molecule has 0 spiro atoms. The highest BCUT2D eigenvalue weighted by molar-refractivity contribution is 6.31. The Bertz CT molecular complexity index is 1140. The molecule has 0 bridgehead atoms. The number of hydrogen-bond donors (Lipinski definition) is 1. The van der Waals surface area contributed by atoms with E-state index in [0.717, 1.165) is 10.5 Å². The number of halogens is 1. The molecule has 3 aliphatic rings. The molecule has 3 amide bonds. The fourth-order valence-corrected chi connectivity index (χ4v) is 5.78. The van der Waals surface area contributed by atoms with Crippen molar-refractivity contribution in [2.75, 3.05) is 25.1 Å². The van der Waals surface area contributed by atoms with Crippen LogP contribution < -0.4 is 10.2 Å². The van der Waals surface area contributed by atoms with Crippen LogP contribution in [0.4, 0.5) is 5.69 Å². The van der Waals surface area contributed by atoms with Crippen LogP contribution in [0.5, 0.6) is 0 Å². The van der Waals surface area contributed by atoms with Crippen molar-refractivity contribution >= 4 is 41.0 Å². The SMILES string of the molecule is COC(=O)CC12C(=O)NCCN1C(c1ccccc1)C1C(=O)N(c3ccc(Cl)cc3)C(=O)C12. The predicted octanol–water partition coefficient (Wildman–Crippen LogP) is 1.93. The molecule has 33 heavy (non-hydrogen) atoms. The van der Waals surface area contributed by atoms with Crippen molar-refractivity contribution in [1.29, 1.82) is 0 Å². The minimum absolute atomic E-state index is 0.326. The van der Waals surface area contributed by atoms with E-state index in [-0.39, 0.29) is 6.42 Å². The number of hydrogen-bond acceptors (Lipinski definition) is 6. The van der Waals surface area contributed by atoms with Crippen LogP contribution in [0, 0.1) is 11.8 Å². The number of anilines is 1. The minimum Gasteiger partial charge on any atom is -0.469 e. The summed E-state index contributed by atoms with van der Waals surface area (Å²) in [6.07, 6.45) is -0.326. The van der Waals surface area contributed by atoms with E-state index < -0.39 is 47.1 Å². The van der Waals surface area contributed by atoms with Gasteiger partial charge in [-0.3, -0.25) is 24.1 Å². The summed E-state index contributed by atoms with van der Waals surface area (Å²) in [4.78, 5) is 56.6. The molecule has 0 aromatic heterocycles. The van der Waals surface area contributed by atoms with Gasteiger partial charge in [-0.05, 0) is 29.8 Å². The Balaban J connectivity index is 1.70. The van der Waals surface area contributed by atoms with Crippen molar-refractivity contribution in [3.63, 3.8) is 0 Å². The Labute approximate surface area is 195 Å². The van der Waals surface area contributed by atoms with Gasteiger partial charge in [0, 0.05) is 24.2 Å². The van der Waals surface area contributed by atoms with E-state index in [1.54, 1.807) is 24.3 Å². The summed E-state index contributed by atoms with van der Waals surface area (Å²) in [5.41, 5.74) is -0.329. The van der Waals surface area contributed by atoms with Crippen LogP contribution in [0.15, 0.2) is 54.6 Å². The van der Waals surface area contributed by atoms with E-state index >= 15 is 0 Å². The van der Waals surface area contributed by atoms with Crippen molar-refractivity contribution < 1.29 is 23.9 Å². The van der Waals surface area contributed by atoms with E-state index in [4.69, 9.17) is 16.3 Å². The molecule has 0 radical (unpaired) electrons. The zero-order chi connectivity index (χ0) is 23.3. The number of carbonyl (C=O) groups is 4. The van der Waals surface area contributed by atoms with Crippen molar-refractivity contribution in [2.45, 2.75) is 18.0 Å². The number of imide groups is 1. The van der Waals surface area contributed by atoms with Crippen LogP contribution in [-0.4, -0.2) is 54.3 Å². The lowest BCUT2D eigenvalue weighted by Gasteiger charge is -2.45. The fourth-order valence-electron chi connectivity index (χ4n) is 5.65. The van der Waals surface area contributed by atoms with Gasteiger partial charge in [-0.15, -0.1) is 0 Å². The Morgan fingerprint density at radius 1 is 1.09 bits per heavy atom. The highest BCUT2D eigenvalue weighted by atomic mass is 35.5. The largest absolute Gasteiger partial charge is 0.469 e. The molecule has 3 fully saturated rings. The van der Waals surface area contributed by atoms with E-state index in [2.05, 4.69) is 5.32 Å². The summed E-state index contributed by atoms with van der Waals surface area (Å²) in [5.74, 6) is -3.82. The molecule has 4 atom stereocenters. The van der Waals surface area contributed by atoms with Crippen LogP contribution in [0.2, 0.25) is 5.02 Å². The van der Waals surface area contributed by atoms with Crippen LogP contribution in [0.3, 0.4) is 0 Å². The van der Waals surface area contributed by atoms with Gasteiger partial charge in [0.1, 0.15) is 5.54 Å². The highest BCUT2D eigenvalue weighted by Gasteiger charge is 2.73. The van der Waals surface area contributed by atoms with Gasteiger partial charge in [0.05, 0.1) is 31.1 Å². The number of ether oxygens (including phenoxy) is 1. The molecule has 3 heterocycles. The first kappa shape index (κ1) is 21.6. The summed E-state index contributed by atoms with van der Waals surface area (Å²) in [7, 11) is 1.24. The topological polar surface area (TPSA) is 96.0 Å². The number of rotatable bonds is 4. The Morgan fingerprint density at radius 2 is 1.79 bits per heavy atom. The molecule has 170 valence electrons. The molecular formula is C24H22ClN3O5. The number of fused-ring (bicyclic) bond motifs is 3. The smallest absolute Gasteiger partial charge is 0.307 e. The summed E-state index contributed by atoms with van der Waals surface area (Å²) in [6, 6.07) is 15.2. The maximum Gasteiger partial charge on any atom is 0.307 e.